The van der Waals surface area contributed by atoms with Crippen molar-refractivity contribution in [2.24, 2.45) is 17.8 Å². The lowest BCUT2D eigenvalue weighted by atomic mass is 9.83. The molecule has 0 aromatic carbocycles. The molecular formula is C9H14O2. The molecule has 0 unspecified atom stereocenters. The molecule has 3 rings (SSSR count). The minimum atomic E-state index is -0.353. The van der Waals surface area contributed by atoms with Crippen molar-refractivity contribution in [1.29, 1.82) is 0 Å². The highest BCUT2D eigenvalue weighted by Gasteiger charge is 2.62. The molecule has 0 saturated heterocycles. The van der Waals surface area contributed by atoms with Crippen LogP contribution in [0.1, 0.15) is 25.7 Å². The van der Waals surface area contributed by atoms with Crippen molar-refractivity contribution in [3.05, 3.63) is 0 Å². The van der Waals surface area contributed by atoms with Crippen LogP contribution in [0.15, 0.2) is 0 Å². The first-order valence-electron chi connectivity index (χ1n) is 4.61. The second kappa shape index (κ2) is 1.64. The molecule has 5 atom stereocenters. The first-order chi connectivity index (χ1) is 5.21. The highest BCUT2D eigenvalue weighted by atomic mass is 16.3. The monoisotopic (exact) mass is 154 g/mol. The van der Waals surface area contributed by atoms with E-state index in [9.17, 15) is 10.2 Å². The molecule has 62 valence electrons. The number of aliphatic hydroxyl groups excluding tert-OH is 1. The van der Waals surface area contributed by atoms with E-state index in [-0.39, 0.29) is 11.7 Å². The third-order valence-corrected chi connectivity index (χ3v) is 4.21. The van der Waals surface area contributed by atoms with Crippen LogP contribution in [0.25, 0.3) is 0 Å². The predicted molar refractivity (Wildman–Crippen MR) is 39.9 cm³/mol. The molecule has 0 aliphatic heterocycles. The van der Waals surface area contributed by atoms with Crippen LogP contribution in [0, 0.1) is 17.8 Å². The third-order valence-electron chi connectivity index (χ3n) is 4.21. The van der Waals surface area contributed by atoms with Crippen molar-refractivity contribution in [3.63, 3.8) is 0 Å². The van der Waals surface area contributed by atoms with Crippen LogP contribution in [0.3, 0.4) is 0 Å². The van der Waals surface area contributed by atoms with E-state index >= 15 is 0 Å². The van der Waals surface area contributed by atoms with Crippen LogP contribution < -0.4 is 0 Å². The molecule has 0 amide bonds. The number of hydrogen-bond acceptors (Lipinski definition) is 2. The highest BCUT2D eigenvalue weighted by molar-refractivity contribution is 5.13. The molecule has 0 radical (unpaired) electrons. The largest absolute Gasteiger partial charge is 0.393 e. The lowest BCUT2D eigenvalue weighted by Gasteiger charge is -2.30. The smallest absolute Gasteiger partial charge is 0.0683 e. The van der Waals surface area contributed by atoms with Crippen molar-refractivity contribution >= 4 is 0 Å². The quantitative estimate of drug-likeness (QED) is 0.534. The van der Waals surface area contributed by atoms with E-state index in [1.165, 1.54) is 0 Å². The summed E-state index contributed by atoms with van der Waals surface area (Å²) in [5.41, 5.74) is -0.353. The molecule has 3 aliphatic rings. The van der Waals surface area contributed by atoms with Gasteiger partial charge in [-0.3, -0.25) is 0 Å². The van der Waals surface area contributed by atoms with E-state index < -0.39 is 0 Å². The van der Waals surface area contributed by atoms with Gasteiger partial charge in [0, 0.05) is 0 Å². The van der Waals surface area contributed by atoms with Crippen molar-refractivity contribution < 1.29 is 10.2 Å². The lowest BCUT2D eigenvalue weighted by molar-refractivity contribution is -0.0337. The maximum Gasteiger partial charge on any atom is 0.0683 e. The standard InChI is InChI=1S/C9H14O2/c10-8-5-3-7-6(8)1-2-9(7,11)4-5/h5-8,10-11H,1-4H2/t5-,6-,7-,8-,9+/m1/s1. The van der Waals surface area contributed by atoms with Gasteiger partial charge in [0.25, 0.3) is 0 Å². The van der Waals surface area contributed by atoms with Crippen LogP contribution in [-0.4, -0.2) is 21.9 Å². The van der Waals surface area contributed by atoms with Crippen molar-refractivity contribution in [1.82, 2.24) is 0 Å². The van der Waals surface area contributed by atoms with Gasteiger partial charge in [-0.2, -0.15) is 0 Å². The zero-order valence-electron chi connectivity index (χ0n) is 6.53. The molecule has 3 fully saturated rings. The van der Waals surface area contributed by atoms with Crippen LogP contribution in [0.2, 0.25) is 0 Å². The average molecular weight is 154 g/mol. The molecular weight excluding hydrogens is 140 g/mol. The molecule has 3 aliphatic carbocycles. The Morgan fingerprint density at radius 3 is 2.82 bits per heavy atom. The normalized spacial score (nSPS) is 66.0. The Labute approximate surface area is 66.2 Å². The predicted octanol–water partition coefficient (Wildman–Crippen LogP) is 0.528. The third kappa shape index (κ3) is 0.574. The molecule has 3 saturated carbocycles. The summed E-state index contributed by atoms with van der Waals surface area (Å²) in [6.07, 6.45) is 3.87. The molecule has 2 nitrogen and oxygen atoms in total. The fraction of sp³-hybridized carbons (Fsp3) is 1.00. The summed E-state index contributed by atoms with van der Waals surface area (Å²) in [4.78, 5) is 0. The maximum atomic E-state index is 10.0. The van der Waals surface area contributed by atoms with Gasteiger partial charge in [-0.1, -0.05) is 0 Å². The van der Waals surface area contributed by atoms with Crippen molar-refractivity contribution in [3.8, 4) is 0 Å². The SMILES string of the molecule is O[C@@H]1[C@@H]2C[C@@H]3[C@H]1CC[C@]3(O)C2. The Bertz CT molecular complexity index is 204. The van der Waals surface area contributed by atoms with Gasteiger partial charge >= 0.3 is 0 Å². The topological polar surface area (TPSA) is 40.5 Å². The van der Waals surface area contributed by atoms with Crippen molar-refractivity contribution in [2.75, 3.05) is 0 Å². The van der Waals surface area contributed by atoms with E-state index in [4.69, 9.17) is 0 Å². The maximum absolute atomic E-state index is 10.0. The van der Waals surface area contributed by atoms with Crippen molar-refractivity contribution in [2.45, 2.75) is 37.4 Å². The number of hydrogen-bond donors (Lipinski definition) is 2. The van der Waals surface area contributed by atoms with Gasteiger partial charge in [-0.05, 0) is 43.4 Å². The number of aliphatic hydroxyl groups is 2. The van der Waals surface area contributed by atoms with Crippen LogP contribution in [-0.2, 0) is 0 Å². The minimum absolute atomic E-state index is 0.0808. The van der Waals surface area contributed by atoms with Crippen LogP contribution >= 0.6 is 0 Å². The minimum Gasteiger partial charge on any atom is -0.393 e. The van der Waals surface area contributed by atoms with E-state index in [0.717, 1.165) is 25.7 Å². The zero-order chi connectivity index (χ0) is 7.64. The van der Waals surface area contributed by atoms with E-state index in [1.54, 1.807) is 0 Å². The van der Waals surface area contributed by atoms with E-state index in [2.05, 4.69) is 0 Å². The molecule has 0 aromatic heterocycles. The summed E-state index contributed by atoms with van der Waals surface area (Å²) < 4.78 is 0. The molecule has 0 heterocycles. The number of rotatable bonds is 0. The average Bonchev–Trinajstić information content (AvgIpc) is 2.45. The first-order valence-corrected chi connectivity index (χ1v) is 4.61. The fourth-order valence-electron chi connectivity index (χ4n) is 3.73. The molecule has 2 heteroatoms. The van der Waals surface area contributed by atoms with Gasteiger partial charge in [0.1, 0.15) is 0 Å². The molecule has 2 bridgehead atoms. The second-order valence-electron chi connectivity index (χ2n) is 4.60. The Morgan fingerprint density at radius 1 is 1.36 bits per heavy atom. The molecule has 0 spiro atoms. The lowest BCUT2D eigenvalue weighted by Crippen LogP contribution is -2.37. The van der Waals surface area contributed by atoms with Gasteiger partial charge in [-0.25, -0.2) is 0 Å². The Balaban J connectivity index is 2.03. The Hall–Kier alpha value is -0.0800. The summed E-state index contributed by atoms with van der Waals surface area (Å²) in [6.45, 7) is 0. The summed E-state index contributed by atoms with van der Waals surface area (Å²) in [5.74, 6) is 1.32. The molecule has 11 heavy (non-hydrogen) atoms. The Kier molecular flexibility index (Phi) is 0.961. The van der Waals surface area contributed by atoms with Gasteiger partial charge < -0.3 is 10.2 Å². The fourth-order valence-corrected chi connectivity index (χ4v) is 3.73. The summed E-state index contributed by atoms with van der Waals surface area (Å²) in [5, 5.41) is 19.7. The van der Waals surface area contributed by atoms with E-state index in [1.807, 2.05) is 0 Å². The van der Waals surface area contributed by atoms with Gasteiger partial charge in [-0.15, -0.1) is 0 Å². The summed E-state index contributed by atoms with van der Waals surface area (Å²) in [7, 11) is 0. The highest BCUT2D eigenvalue weighted by Crippen LogP contribution is 2.61. The summed E-state index contributed by atoms with van der Waals surface area (Å²) in [6, 6.07) is 0. The van der Waals surface area contributed by atoms with Gasteiger partial charge in [0.15, 0.2) is 0 Å². The van der Waals surface area contributed by atoms with Gasteiger partial charge in [0.05, 0.1) is 11.7 Å². The molecule has 2 N–H and O–H groups in total. The van der Waals surface area contributed by atoms with Crippen LogP contribution in [0.4, 0.5) is 0 Å². The number of fused-ring (bicyclic) bond motifs is 1. The van der Waals surface area contributed by atoms with Crippen LogP contribution in [0.5, 0.6) is 0 Å². The summed E-state index contributed by atoms with van der Waals surface area (Å²) >= 11 is 0. The first kappa shape index (κ1) is 6.44. The zero-order valence-corrected chi connectivity index (χ0v) is 6.53. The van der Waals surface area contributed by atoms with E-state index in [0.29, 0.717) is 17.8 Å². The van der Waals surface area contributed by atoms with Gasteiger partial charge in [0.2, 0.25) is 0 Å². The molecule has 0 aromatic rings. The Morgan fingerprint density at radius 2 is 2.18 bits per heavy atom. The second-order valence-corrected chi connectivity index (χ2v) is 4.60.